The van der Waals surface area contributed by atoms with Gasteiger partial charge in [-0.1, -0.05) is 36.4 Å². The van der Waals surface area contributed by atoms with Crippen molar-refractivity contribution >= 4 is 17.6 Å². The van der Waals surface area contributed by atoms with Crippen molar-refractivity contribution in [2.75, 3.05) is 7.11 Å². The number of carbonyl (C=O) groups excluding carboxylic acids is 2. The number of allylic oxidation sites excluding steroid dienone is 2. The Labute approximate surface area is 133 Å². The Kier molecular flexibility index (Phi) is 3.66. The largest absolute Gasteiger partial charge is 0.507 e. The van der Waals surface area contributed by atoms with E-state index in [1.807, 2.05) is 30.3 Å². The van der Waals surface area contributed by atoms with Gasteiger partial charge in [-0.25, -0.2) is 0 Å². The van der Waals surface area contributed by atoms with Gasteiger partial charge in [0.25, 0.3) is 0 Å². The molecule has 1 aliphatic carbocycles. The maximum absolute atomic E-state index is 12.6. The van der Waals surface area contributed by atoms with Gasteiger partial charge in [0.2, 0.25) is 17.2 Å². The van der Waals surface area contributed by atoms with Crippen LogP contribution in [0.4, 0.5) is 0 Å². The molecule has 5 nitrogen and oxygen atoms in total. The van der Waals surface area contributed by atoms with Crippen molar-refractivity contribution in [2.24, 2.45) is 0 Å². The molecule has 1 saturated heterocycles. The quantitative estimate of drug-likeness (QED) is 0.401. The molecular weight excluding hydrogens is 296 g/mol. The standard InChI is InChI=1S/C18H16O5/c1-11-18(23-11)15(20)10-14(22-2)16(17(18)21)13(19)9-8-12-6-4-3-5-7-12/h3-11,19H,1-2H3/b9-8+,16-13?. The molecule has 1 heterocycles. The molecule has 0 radical (unpaired) electrons. The van der Waals surface area contributed by atoms with E-state index in [2.05, 4.69) is 0 Å². The molecule has 1 aromatic carbocycles. The SMILES string of the molecule is COC1=CC(=O)C2(OC2C)C(=O)C1=C(O)/C=C/c1ccccc1. The zero-order valence-corrected chi connectivity index (χ0v) is 12.8. The van der Waals surface area contributed by atoms with Crippen LogP contribution in [0.5, 0.6) is 0 Å². The minimum absolute atomic E-state index is 0.0383. The van der Waals surface area contributed by atoms with Gasteiger partial charge in [-0.05, 0) is 18.6 Å². The van der Waals surface area contributed by atoms with Crippen LogP contribution in [0.1, 0.15) is 12.5 Å². The Hall–Kier alpha value is -2.66. The smallest absolute Gasteiger partial charge is 0.219 e. The third-order valence-corrected chi connectivity index (χ3v) is 4.03. The minimum atomic E-state index is -1.49. The molecule has 5 heteroatoms. The van der Waals surface area contributed by atoms with E-state index in [1.165, 1.54) is 19.3 Å². The number of rotatable bonds is 3. The van der Waals surface area contributed by atoms with Crippen LogP contribution < -0.4 is 0 Å². The Morgan fingerprint density at radius 1 is 1.30 bits per heavy atom. The Morgan fingerprint density at radius 3 is 2.52 bits per heavy atom. The molecule has 118 valence electrons. The average molecular weight is 312 g/mol. The number of ether oxygens (including phenoxy) is 2. The van der Waals surface area contributed by atoms with Gasteiger partial charge >= 0.3 is 0 Å². The predicted octanol–water partition coefficient (Wildman–Crippen LogP) is 2.35. The molecule has 0 aromatic heterocycles. The molecule has 23 heavy (non-hydrogen) atoms. The van der Waals surface area contributed by atoms with Crippen LogP contribution in [-0.4, -0.2) is 35.5 Å². The van der Waals surface area contributed by atoms with E-state index in [0.717, 1.165) is 5.56 Å². The van der Waals surface area contributed by atoms with Crippen molar-refractivity contribution in [3.63, 3.8) is 0 Å². The number of aliphatic hydroxyl groups excluding tert-OH is 1. The van der Waals surface area contributed by atoms with Gasteiger partial charge in [0.1, 0.15) is 23.2 Å². The second kappa shape index (κ2) is 5.52. The van der Waals surface area contributed by atoms with Crippen molar-refractivity contribution in [3.8, 4) is 0 Å². The lowest BCUT2D eigenvalue weighted by Gasteiger charge is -2.19. The number of epoxide rings is 1. The monoisotopic (exact) mass is 312 g/mol. The van der Waals surface area contributed by atoms with E-state index in [0.29, 0.717) is 0 Å². The molecule has 3 rings (SSSR count). The van der Waals surface area contributed by atoms with Gasteiger partial charge in [-0.2, -0.15) is 0 Å². The molecule has 1 N–H and O–H groups in total. The summed E-state index contributed by atoms with van der Waals surface area (Å²) in [7, 11) is 1.34. The molecule has 2 unspecified atom stereocenters. The highest BCUT2D eigenvalue weighted by atomic mass is 16.6. The third-order valence-electron chi connectivity index (χ3n) is 4.03. The van der Waals surface area contributed by atoms with E-state index < -0.39 is 23.3 Å². The fraction of sp³-hybridized carbons (Fsp3) is 0.222. The summed E-state index contributed by atoms with van der Waals surface area (Å²) in [6.07, 6.45) is 3.78. The number of hydrogen-bond donors (Lipinski definition) is 1. The van der Waals surface area contributed by atoms with Crippen LogP contribution in [0.2, 0.25) is 0 Å². The van der Waals surface area contributed by atoms with Crippen molar-refractivity contribution in [1.29, 1.82) is 0 Å². The Bertz CT molecular complexity index is 757. The number of Topliss-reactive ketones (excluding diaryl/α,β-unsaturated/α-hetero) is 1. The molecule has 2 atom stereocenters. The Morgan fingerprint density at radius 2 is 1.96 bits per heavy atom. The summed E-state index contributed by atoms with van der Waals surface area (Å²) in [4.78, 5) is 24.7. The van der Waals surface area contributed by atoms with E-state index in [4.69, 9.17) is 9.47 Å². The lowest BCUT2D eigenvalue weighted by Crippen LogP contribution is -2.41. The molecule has 1 spiro atoms. The van der Waals surface area contributed by atoms with Gasteiger partial charge in [0.05, 0.1) is 7.11 Å². The Balaban J connectivity index is 2.01. The maximum Gasteiger partial charge on any atom is 0.219 e. The number of methoxy groups -OCH3 is 1. The fourth-order valence-electron chi connectivity index (χ4n) is 2.68. The van der Waals surface area contributed by atoms with Crippen LogP contribution in [-0.2, 0) is 19.1 Å². The van der Waals surface area contributed by atoms with Gasteiger partial charge in [0, 0.05) is 6.08 Å². The summed E-state index contributed by atoms with van der Waals surface area (Å²) in [6, 6.07) is 9.34. The van der Waals surface area contributed by atoms with Gasteiger partial charge in [-0.3, -0.25) is 9.59 Å². The van der Waals surface area contributed by atoms with Crippen LogP contribution in [0, 0.1) is 0 Å². The zero-order chi connectivity index (χ0) is 16.6. The predicted molar refractivity (Wildman–Crippen MR) is 83.5 cm³/mol. The van der Waals surface area contributed by atoms with E-state index in [-0.39, 0.29) is 17.1 Å². The molecule has 0 amide bonds. The summed E-state index contributed by atoms with van der Waals surface area (Å²) < 4.78 is 10.3. The first-order valence-corrected chi connectivity index (χ1v) is 7.20. The first kappa shape index (κ1) is 15.2. The normalized spacial score (nSPS) is 29.0. The summed E-state index contributed by atoms with van der Waals surface area (Å²) in [6.45, 7) is 1.65. The topological polar surface area (TPSA) is 76.1 Å². The number of hydrogen-bond acceptors (Lipinski definition) is 5. The lowest BCUT2D eigenvalue weighted by atomic mass is 9.83. The van der Waals surface area contributed by atoms with Crippen LogP contribution in [0.15, 0.2) is 59.6 Å². The van der Waals surface area contributed by atoms with Crippen molar-refractivity contribution in [2.45, 2.75) is 18.6 Å². The second-order valence-corrected chi connectivity index (χ2v) is 5.41. The molecule has 2 aliphatic rings. The highest BCUT2D eigenvalue weighted by molar-refractivity contribution is 6.27. The van der Waals surface area contributed by atoms with Crippen molar-refractivity contribution in [1.82, 2.24) is 0 Å². The first-order valence-electron chi connectivity index (χ1n) is 7.20. The molecule has 1 fully saturated rings. The van der Waals surface area contributed by atoms with Crippen molar-refractivity contribution in [3.05, 3.63) is 65.1 Å². The number of carbonyl (C=O) groups is 2. The molecule has 0 saturated carbocycles. The van der Waals surface area contributed by atoms with Crippen LogP contribution in [0.3, 0.4) is 0 Å². The number of benzene rings is 1. The second-order valence-electron chi connectivity index (χ2n) is 5.41. The lowest BCUT2D eigenvalue weighted by molar-refractivity contribution is -0.130. The summed E-state index contributed by atoms with van der Waals surface area (Å²) in [5.74, 6) is -1.23. The number of ketones is 2. The third kappa shape index (κ3) is 2.39. The summed E-state index contributed by atoms with van der Waals surface area (Å²) in [5.41, 5.74) is -0.664. The fourth-order valence-corrected chi connectivity index (χ4v) is 2.68. The highest BCUT2D eigenvalue weighted by Crippen LogP contribution is 2.45. The first-order chi connectivity index (χ1) is 11.0. The maximum atomic E-state index is 12.6. The van der Waals surface area contributed by atoms with Crippen molar-refractivity contribution < 1.29 is 24.2 Å². The molecule has 1 aliphatic heterocycles. The van der Waals surface area contributed by atoms with E-state index >= 15 is 0 Å². The molecule has 0 bridgehead atoms. The van der Waals surface area contributed by atoms with Crippen LogP contribution in [0.25, 0.3) is 6.08 Å². The highest BCUT2D eigenvalue weighted by Gasteiger charge is 2.67. The number of aliphatic hydroxyl groups is 1. The molecular formula is C18H16O5. The van der Waals surface area contributed by atoms with Gasteiger partial charge < -0.3 is 14.6 Å². The van der Waals surface area contributed by atoms with Gasteiger partial charge in [-0.15, -0.1) is 0 Å². The average Bonchev–Trinajstić information content (AvgIpc) is 3.24. The summed E-state index contributed by atoms with van der Waals surface area (Å²) >= 11 is 0. The zero-order valence-electron chi connectivity index (χ0n) is 12.8. The minimum Gasteiger partial charge on any atom is -0.507 e. The van der Waals surface area contributed by atoms with E-state index in [9.17, 15) is 14.7 Å². The molecule has 1 aromatic rings. The van der Waals surface area contributed by atoms with E-state index in [1.54, 1.807) is 13.0 Å². The van der Waals surface area contributed by atoms with Gasteiger partial charge in [0.15, 0.2) is 0 Å². The van der Waals surface area contributed by atoms with Crippen LogP contribution >= 0.6 is 0 Å². The summed E-state index contributed by atoms with van der Waals surface area (Å²) in [5, 5.41) is 10.3.